The maximum absolute atomic E-state index is 12.6. The second-order valence-corrected chi connectivity index (χ2v) is 6.04. The van der Waals surface area contributed by atoms with Crippen LogP contribution < -0.4 is 9.47 Å². The highest BCUT2D eigenvalue weighted by atomic mass is 16.5. The topological polar surface area (TPSA) is 42.0 Å². The average Bonchev–Trinajstić information content (AvgIpc) is 2.59. The Labute approximate surface area is 139 Å². The maximum Gasteiger partial charge on any atom is 0.227 e. The first-order chi connectivity index (χ1) is 11.1. The third-order valence-corrected chi connectivity index (χ3v) is 4.36. The van der Waals surface area contributed by atoms with E-state index in [9.17, 15) is 4.79 Å². The molecule has 5 nitrogen and oxygen atoms in total. The lowest BCUT2D eigenvalue weighted by Crippen LogP contribution is -2.44. The molecule has 1 aromatic rings. The summed E-state index contributed by atoms with van der Waals surface area (Å²) in [7, 11) is 3.73. The van der Waals surface area contributed by atoms with Crippen molar-refractivity contribution in [2.24, 2.45) is 5.92 Å². The van der Waals surface area contributed by atoms with Crippen LogP contribution in [0.5, 0.6) is 11.5 Å². The second-order valence-electron chi connectivity index (χ2n) is 6.04. The summed E-state index contributed by atoms with van der Waals surface area (Å²) in [5.74, 6) is 2.00. The number of hydrogen-bond acceptors (Lipinski definition) is 4. The number of benzene rings is 1. The van der Waals surface area contributed by atoms with Crippen LogP contribution in [0.25, 0.3) is 0 Å². The van der Waals surface area contributed by atoms with Gasteiger partial charge in [-0.3, -0.25) is 4.79 Å². The van der Waals surface area contributed by atoms with Gasteiger partial charge in [0.25, 0.3) is 0 Å². The number of carbonyl (C=O) groups is 1. The average molecular weight is 320 g/mol. The fourth-order valence-corrected chi connectivity index (χ4v) is 3.00. The molecule has 5 heteroatoms. The van der Waals surface area contributed by atoms with Gasteiger partial charge in [0.05, 0.1) is 19.6 Å². The molecule has 0 aromatic heterocycles. The molecule has 1 aliphatic rings. The molecule has 0 radical (unpaired) electrons. The summed E-state index contributed by atoms with van der Waals surface area (Å²) >= 11 is 0. The van der Waals surface area contributed by atoms with Gasteiger partial charge >= 0.3 is 0 Å². The summed E-state index contributed by atoms with van der Waals surface area (Å²) in [6, 6.07) is 7.51. The fraction of sp³-hybridized carbons (Fsp3) is 0.611. The molecule has 0 N–H and O–H groups in total. The van der Waals surface area contributed by atoms with Gasteiger partial charge in [0, 0.05) is 13.1 Å². The van der Waals surface area contributed by atoms with Crippen LogP contribution in [0.4, 0.5) is 0 Å². The number of hydrogen-bond donors (Lipinski definition) is 0. The largest absolute Gasteiger partial charge is 0.497 e. The second kappa shape index (κ2) is 8.77. The van der Waals surface area contributed by atoms with Crippen molar-refractivity contribution in [3.8, 4) is 11.5 Å². The van der Waals surface area contributed by atoms with Gasteiger partial charge in [-0.1, -0.05) is 0 Å². The Morgan fingerprint density at radius 2 is 2.00 bits per heavy atom. The van der Waals surface area contributed by atoms with Gasteiger partial charge < -0.3 is 19.3 Å². The molecule has 0 unspecified atom stereocenters. The van der Waals surface area contributed by atoms with Gasteiger partial charge in [0.15, 0.2) is 0 Å². The third-order valence-electron chi connectivity index (χ3n) is 4.36. The predicted octanol–water partition coefficient (Wildman–Crippen LogP) is 2.26. The number of nitrogens with zero attached hydrogens (tertiary/aromatic N) is 2. The lowest BCUT2D eigenvalue weighted by molar-refractivity contribution is -0.137. The van der Waals surface area contributed by atoms with E-state index in [0.717, 1.165) is 44.0 Å². The van der Waals surface area contributed by atoms with Crippen LogP contribution in [-0.2, 0) is 4.79 Å². The molecule has 1 atom stereocenters. The third kappa shape index (κ3) is 5.13. The molecular formula is C18H28N2O3. The first-order valence-electron chi connectivity index (χ1n) is 8.38. The monoisotopic (exact) mass is 320 g/mol. The summed E-state index contributed by atoms with van der Waals surface area (Å²) in [6.45, 7) is 5.85. The first-order valence-corrected chi connectivity index (χ1v) is 8.38. The highest BCUT2D eigenvalue weighted by molar-refractivity contribution is 5.79. The molecular weight excluding hydrogens is 292 g/mol. The first kappa shape index (κ1) is 17.6. The van der Waals surface area contributed by atoms with E-state index in [1.165, 1.54) is 0 Å². The Hall–Kier alpha value is -1.75. The zero-order chi connectivity index (χ0) is 16.7. The van der Waals surface area contributed by atoms with E-state index >= 15 is 0 Å². The fourth-order valence-electron chi connectivity index (χ4n) is 3.00. The molecule has 0 saturated carbocycles. The van der Waals surface area contributed by atoms with Crippen molar-refractivity contribution in [2.75, 3.05) is 46.9 Å². The standard InChI is InChI=1S/C18H28N2O3/c1-4-20(18(21)15-6-5-11-19(2)14-15)12-13-23-17-9-7-16(22-3)8-10-17/h7-10,15H,4-6,11-14H2,1-3H3/t15-/m1/s1. The molecule has 1 heterocycles. The summed E-state index contributed by atoms with van der Waals surface area (Å²) < 4.78 is 10.9. The minimum Gasteiger partial charge on any atom is -0.497 e. The van der Waals surface area contributed by atoms with Gasteiger partial charge in [-0.15, -0.1) is 0 Å². The number of likely N-dealkylation sites (tertiary alicyclic amines) is 1. The minimum absolute atomic E-state index is 0.134. The van der Waals surface area contributed by atoms with Gasteiger partial charge in [0.1, 0.15) is 18.1 Å². The Morgan fingerprint density at radius 3 is 2.61 bits per heavy atom. The van der Waals surface area contributed by atoms with Crippen LogP contribution in [-0.4, -0.2) is 62.7 Å². The molecule has 1 amide bonds. The van der Waals surface area contributed by atoms with Crippen LogP contribution >= 0.6 is 0 Å². The van der Waals surface area contributed by atoms with Crippen molar-refractivity contribution in [1.82, 2.24) is 9.80 Å². The Balaban J connectivity index is 1.80. The van der Waals surface area contributed by atoms with E-state index in [4.69, 9.17) is 9.47 Å². The predicted molar refractivity (Wildman–Crippen MR) is 91.0 cm³/mol. The number of likely N-dealkylation sites (N-methyl/N-ethyl adjacent to an activating group) is 1. The zero-order valence-electron chi connectivity index (χ0n) is 14.5. The van der Waals surface area contributed by atoms with Crippen LogP contribution in [0.15, 0.2) is 24.3 Å². The zero-order valence-corrected chi connectivity index (χ0v) is 14.5. The minimum atomic E-state index is 0.134. The molecule has 2 rings (SSSR count). The van der Waals surface area contributed by atoms with Gasteiger partial charge in [-0.25, -0.2) is 0 Å². The van der Waals surface area contributed by atoms with E-state index in [1.807, 2.05) is 36.1 Å². The number of ether oxygens (including phenoxy) is 2. The molecule has 0 spiro atoms. The van der Waals surface area contributed by atoms with Gasteiger partial charge in [-0.2, -0.15) is 0 Å². The smallest absolute Gasteiger partial charge is 0.227 e. The Morgan fingerprint density at radius 1 is 1.30 bits per heavy atom. The number of rotatable bonds is 7. The van der Waals surface area contributed by atoms with E-state index in [1.54, 1.807) is 7.11 Å². The quantitative estimate of drug-likeness (QED) is 0.773. The highest BCUT2D eigenvalue weighted by Gasteiger charge is 2.27. The SMILES string of the molecule is CCN(CCOc1ccc(OC)cc1)C(=O)[C@@H]1CCCN(C)C1. The highest BCUT2D eigenvalue weighted by Crippen LogP contribution is 2.19. The summed E-state index contributed by atoms with van der Waals surface area (Å²) in [5.41, 5.74) is 0. The van der Waals surface area contributed by atoms with Crippen molar-refractivity contribution in [3.05, 3.63) is 24.3 Å². The number of methoxy groups -OCH3 is 1. The van der Waals surface area contributed by atoms with E-state index in [-0.39, 0.29) is 11.8 Å². The van der Waals surface area contributed by atoms with E-state index < -0.39 is 0 Å². The van der Waals surface area contributed by atoms with Crippen molar-refractivity contribution in [1.29, 1.82) is 0 Å². The summed E-state index contributed by atoms with van der Waals surface area (Å²) in [6.07, 6.45) is 2.10. The lowest BCUT2D eigenvalue weighted by atomic mass is 9.97. The number of carbonyl (C=O) groups excluding carboxylic acids is 1. The molecule has 1 saturated heterocycles. The molecule has 128 valence electrons. The molecule has 1 aromatic carbocycles. The molecule has 1 fully saturated rings. The van der Waals surface area contributed by atoms with E-state index in [2.05, 4.69) is 11.9 Å². The van der Waals surface area contributed by atoms with Crippen molar-refractivity contribution < 1.29 is 14.3 Å². The number of piperidine rings is 1. The van der Waals surface area contributed by atoms with Crippen molar-refractivity contribution in [3.63, 3.8) is 0 Å². The van der Waals surface area contributed by atoms with Crippen molar-refractivity contribution >= 4 is 5.91 Å². The van der Waals surface area contributed by atoms with Crippen LogP contribution in [0.3, 0.4) is 0 Å². The van der Waals surface area contributed by atoms with Gasteiger partial charge in [-0.05, 0) is 57.6 Å². The van der Waals surface area contributed by atoms with Crippen LogP contribution in [0.1, 0.15) is 19.8 Å². The summed E-state index contributed by atoms with van der Waals surface area (Å²) in [4.78, 5) is 16.8. The molecule has 23 heavy (non-hydrogen) atoms. The van der Waals surface area contributed by atoms with Crippen molar-refractivity contribution in [2.45, 2.75) is 19.8 Å². The molecule has 0 aliphatic carbocycles. The number of amides is 1. The lowest BCUT2D eigenvalue weighted by Gasteiger charge is -2.32. The normalized spacial score (nSPS) is 18.5. The van der Waals surface area contributed by atoms with Gasteiger partial charge in [0.2, 0.25) is 5.91 Å². The van der Waals surface area contributed by atoms with E-state index in [0.29, 0.717) is 13.2 Å². The van der Waals surface area contributed by atoms with Crippen LogP contribution in [0, 0.1) is 5.92 Å². The molecule has 0 bridgehead atoms. The maximum atomic E-state index is 12.6. The Bertz CT molecular complexity index is 490. The molecule has 1 aliphatic heterocycles. The Kier molecular flexibility index (Phi) is 6.71. The summed E-state index contributed by atoms with van der Waals surface area (Å²) in [5, 5.41) is 0. The van der Waals surface area contributed by atoms with Crippen LogP contribution in [0.2, 0.25) is 0 Å².